The summed E-state index contributed by atoms with van der Waals surface area (Å²) in [5.41, 5.74) is 0.583. The molecule has 0 aliphatic heterocycles. The normalized spacial score (nSPS) is 15.6. The zero-order valence-electron chi connectivity index (χ0n) is 7.93. The average Bonchev–Trinajstić information content (AvgIpc) is 2.16. The van der Waals surface area contributed by atoms with Crippen LogP contribution < -0.4 is 0 Å². The minimum absolute atomic E-state index is 0.583. The van der Waals surface area contributed by atoms with Crippen molar-refractivity contribution < 1.29 is 13.0 Å². The maximum Gasteiger partial charge on any atom is 0.267 e. The molecule has 5 heteroatoms. The van der Waals surface area contributed by atoms with E-state index in [1.807, 2.05) is 0 Å². The molecule has 0 spiro atoms. The molecule has 1 N–H and O–H groups in total. The molecule has 15 heavy (non-hydrogen) atoms. The highest BCUT2D eigenvalue weighted by molar-refractivity contribution is 7.85. The Labute approximate surface area is 94.1 Å². The molecule has 0 bridgehead atoms. The third-order valence-electron chi connectivity index (χ3n) is 1.97. The van der Waals surface area contributed by atoms with Gasteiger partial charge in [-0.2, -0.15) is 8.42 Å². The van der Waals surface area contributed by atoms with Crippen LogP contribution in [0.4, 0.5) is 0 Å². The molecule has 82 valence electrons. The Morgan fingerprint density at radius 2 is 1.93 bits per heavy atom. The van der Waals surface area contributed by atoms with E-state index < -0.39 is 20.7 Å². The first-order valence-corrected chi connectivity index (χ1v) is 6.19. The van der Waals surface area contributed by atoms with Crippen LogP contribution in [0.15, 0.2) is 43.0 Å². The van der Waals surface area contributed by atoms with Crippen molar-refractivity contribution in [2.75, 3.05) is 5.75 Å². The van der Waals surface area contributed by atoms with E-state index in [-0.39, 0.29) is 0 Å². The number of benzene rings is 1. The molecule has 0 amide bonds. The van der Waals surface area contributed by atoms with Crippen LogP contribution in [0.3, 0.4) is 0 Å². The highest BCUT2D eigenvalue weighted by Gasteiger charge is 2.31. The maximum atomic E-state index is 10.8. The summed E-state index contributed by atoms with van der Waals surface area (Å²) in [5.74, 6) is -0.588. The van der Waals surface area contributed by atoms with Gasteiger partial charge in [0, 0.05) is 0 Å². The van der Waals surface area contributed by atoms with Gasteiger partial charge in [0.2, 0.25) is 0 Å². The molecule has 0 saturated heterocycles. The fraction of sp³-hybridized carbons (Fsp3) is 0.200. The van der Waals surface area contributed by atoms with Crippen LogP contribution >= 0.6 is 11.6 Å². The van der Waals surface area contributed by atoms with E-state index in [1.54, 1.807) is 30.3 Å². The number of halogens is 1. The van der Waals surface area contributed by atoms with Gasteiger partial charge in [0.1, 0.15) is 10.6 Å². The Bertz CT molecular complexity index is 441. The molecule has 1 atom stereocenters. The lowest BCUT2D eigenvalue weighted by molar-refractivity contribution is 0.478. The maximum absolute atomic E-state index is 10.8. The third kappa shape index (κ3) is 3.34. The van der Waals surface area contributed by atoms with Crippen molar-refractivity contribution in [2.24, 2.45) is 0 Å². The van der Waals surface area contributed by atoms with Crippen molar-refractivity contribution in [3.8, 4) is 0 Å². The summed E-state index contributed by atoms with van der Waals surface area (Å²) in [6, 6.07) is 8.62. The van der Waals surface area contributed by atoms with E-state index in [9.17, 15) is 8.42 Å². The largest absolute Gasteiger partial charge is 0.285 e. The molecule has 0 aliphatic rings. The molecule has 3 nitrogen and oxygen atoms in total. The minimum atomic E-state index is -4.15. The van der Waals surface area contributed by atoms with E-state index in [1.165, 1.54) is 6.08 Å². The predicted molar refractivity (Wildman–Crippen MR) is 60.6 cm³/mol. The molecule has 0 aromatic heterocycles. The molecule has 0 saturated carbocycles. The van der Waals surface area contributed by atoms with Gasteiger partial charge < -0.3 is 0 Å². The van der Waals surface area contributed by atoms with Crippen molar-refractivity contribution in [3.63, 3.8) is 0 Å². The Morgan fingerprint density at radius 1 is 1.40 bits per heavy atom. The van der Waals surface area contributed by atoms with E-state index >= 15 is 0 Å². The monoisotopic (exact) mass is 246 g/mol. The number of hydrogen-bond acceptors (Lipinski definition) is 2. The van der Waals surface area contributed by atoms with Crippen LogP contribution in [-0.2, 0) is 15.0 Å². The zero-order valence-corrected chi connectivity index (χ0v) is 9.50. The first-order valence-electron chi connectivity index (χ1n) is 4.20. The lowest BCUT2D eigenvalue weighted by atomic mass is 10.0. The van der Waals surface area contributed by atoms with Crippen LogP contribution in [0.2, 0.25) is 0 Å². The summed E-state index contributed by atoms with van der Waals surface area (Å²) in [6.45, 7) is 3.49. The summed E-state index contributed by atoms with van der Waals surface area (Å²) >= 11 is 6.08. The summed E-state index contributed by atoms with van der Waals surface area (Å²) in [6.07, 6.45) is 1.30. The second-order valence-electron chi connectivity index (χ2n) is 3.16. The quantitative estimate of drug-likeness (QED) is 0.503. The molecule has 1 aromatic rings. The Hall–Kier alpha value is -0.840. The van der Waals surface area contributed by atoms with Gasteiger partial charge in [0.05, 0.1) is 0 Å². The lowest BCUT2D eigenvalue weighted by Gasteiger charge is -2.21. The summed E-state index contributed by atoms with van der Waals surface area (Å²) < 4.78 is 30.4. The minimum Gasteiger partial charge on any atom is -0.285 e. The first-order chi connectivity index (χ1) is 6.87. The molecule has 0 fully saturated rings. The van der Waals surface area contributed by atoms with E-state index in [0.717, 1.165) is 0 Å². The summed E-state index contributed by atoms with van der Waals surface area (Å²) in [4.78, 5) is -1.28. The van der Waals surface area contributed by atoms with Gasteiger partial charge in [-0.05, 0) is 5.56 Å². The van der Waals surface area contributed by atoms with Crippen LogP contribution in [0.25, 0.3) is 0 Å². The van der Waals surface area contributed by atoms with Crippen LogP contribution in [0, 0.1) is 0 Å². The van der Waals surface area contributed by atoms with Gasteiger partial charge in [-0.3, -0.25) is 4.55 Å². The van der Waals surface area contributed by atoms with Crippen LogP contribution in [0.1, 0.15) is 5.56 Å². The van der Waals surface area contributed by atoms with E-state index in [2.05, 4.69) is 6.58 Å². The number of alkyl halides is 1. The zero-order chi connectivity index (χ0) is 11.5. The van der Waals surface area contributed by atoms with Gasteiger partial charge in [0.25, 0.3) is 10.1 Å². The lowest BCUT2D eigenvalue weighted by Crippen LogP contribution is -2.26. The van der Waals surface area contributed by atoms with Crippen molar-refractivity contribution in [2.45, 2.75) is 4.87 Å². The molecule has 1 aromatic carbocycles. The van der Waals surface area contributed by atoms with Gasteiger partial charge in [-0.15, -0.1) is 18.2 Å². The molecule has 0 radical (unpaired) electrons. The van der Waals surface area contributed by atoms with Crippen LogP contribution in [0.5, 0.6) is 0 Å². The van der Waals surface area contributed by atoms with Crippen molar-refractivity contribution >= 4 is 21.7 Å². The standard InChI is InChI=1S/C10H11ClO3S/c1-2-10(11,8-15(12,13)14)9-6-4-3-5-7-9/h2-7H,1,8H2,(H,12,13,14). The van der Waals surface area contributed by atoms with Gasteiger partial charge in [-0.1, -0.05) is 36.4 Å². The first kappa shape index (κ1) is 12.2. The molecule has 0 heterocycles. The second kappa shape index (κ2) is 4.35. The predicted octanol–water partition coefficient (Wildman–Crippen LogP) is 2.19. The molecular weight excluding hydrogens is 236 g/mol. The molecule has 1 unspecified atom stereocenters. The second-order valence-corrected chi connectivity index (χ2v) is 5.29. The topological polar surface area (TPSA) is 54.4 Å². The van der Waals surface area contributed by atoms with Gasteiger partial charge >= 0.3 is 0 Å². The summed E-state index contributed by atoms with van der Waals surface area (Å²) in [5, 5.41) is 0. The summed E-state index contributed by atoms with van der Waals surface area (Å²) in [7, 11) is -4.15. The van der Waals surface area contributed by atoms with Crippen molar-refractivity contribution in [3.05, 3.63) is 48.6 Å². The number of allylic oxidation sites excluding steroid dienone is 1. The van der Waals surface area contributed by atoms with E-state index in [0.29, 0.717) is 5.56 Å². The van der Waals surface area contributed by atoms with Gasteiger partial charge in [-0.25, -0.2) is 0 Å². The average molecular weight is 247 g/mol. The Morgan fingerprint density at radius 3 is 2.33 bits per heavy atom. The number of rotatable bonds is 4. The Kier molecular flexibility index (Phi) is 3.54. The van der Waals surface area contributed by atoms with Crippen molar-refractivity contribution in [1.82, 2.24) is 0 Å². The molecular formula is C10H11ClO3S. The number of hydrogen-bond donors (Lipinski definition) is 1. The molecule has 1 rings (SSSR count). The highest BCUT2D eigenvalue weighted by Crippen LogP contribution is 2.31. The van der Waals surface area contributed by atoms with Gasteiger partial charge in [0.15, 0.2) is 0 Å². The van der Waals surface area contributed by atoms with Crippen molar-refractivity contribution in [1.29, 1.82) is 0 Å². The fourth-order valence-corrected chi connectivity index (χ4v) is 2.60. The smallest absolute Gasteiger partial charge is 0.267 e. The fourth-order valence-electron chi connectivity index (χ4n) is 1.24. The third-order valence-corrected chi connectivity index (χ3v) is 3.45. The SMILES string of the molecule is C=CC(Cl)(CS(=O)(=O)O)c1ccccc1. The molecule has 0 aliphatic carbocycles. The van der Waals surface area contributed by atoms with Crippen LogP contribution in [-0.4, -0.2) is 18.7 Å². The highest BCUT2D eigenvalue weighted by atomic mass is 35.5. The van der Waals surface area contributed by atoms with E-state index in [4.69, 9.17) is 16.2 Å². The Balaban J connectivity index is 3.12.